The molecule has 9 heteroatoms. The van der Waals surface area contributed by atoms with Gasteiger partial charge in [-0.1, -0.05) is 11.6 Å². The van der Waals surface area contributed by atoms with Crippen molar-refractivity contribution in [1.82, 2.24) is 0 Å². The summed E-state index contributed by atoms with van der Waals surface area (Å²) in [6, 6.07) is 2.74. The van der Waals surface area contributed by atoms with Crippen LogP contribution in [0.3, 0.4) is 0 Å². The summed E-state index contributed by atoms with van der Waals surface area (Å²) in [6.45, 7) is 9.59. The van der Waals surface area contributed by atoms with Gasteiger partial charge in [-0.3, -0.25) is 14.4 Å². The molecule has 2 unspecified atom stereocenters. The number of allylic oxidation sites excluding steroid dienone is 1. The first-order valence-electron chi connectivity index (χ1n) is 14.2. The standard InChI is InChI=1S/C34H32N2O7/c1-12-9-15-21-26-22(31-30(15)36-34(4,5)14(3)35-31)16(38)10-18(41-6)24(26)25-19(42-7)11-17(39)23-28(25)27(21)29(20(12)13(2)37)33(43-8)32(23)40/h9-11,14,20,35-36,40H,1-8H3. The number of ether oxygens (including phenoxy) is 3. The molecular weight excluding hydrogens is 548 g/mol. The number of phenols is 1. The number of rotatable bonds is 4. The molecule has 0 bridgehead atoms. The fourth-order valence-electron chi connectivity index (χ4n) is 7.39. The molecule has 1 heterocycles. The summed E-state index contributed by atoms with van der Waals surface area (Å²) in [7, 11) is 4.37. The summed E-state index contributed by atoms with van der Waals surface area (Å²) in [5.41, 5.74) is 2.21. The molecule has 5 aromatic rings. The number of ketones is 1. The minimum absolute atomic E-state index is 0.0454. The van der Waals surface area contributed by atoms with E-state index < -0.39 is 16.9 Å². The number of nitrogens with one attached hydrogen (secondary N) is 2. The zero-order valence-corrected chi connectivity index (χ0v) is 25.3. The molecule has 0 saturated heterocycles. The first-order valence-corrected chi connectivity index (χ1v) is 14.2. The van der Waals surface area contributed by atoms with E-state index in [1.165, 1.54) is 40.4 Å². The van der Waals surface area contributed by atoms with Crippen LogP contribution < -0.4 is 35.7 Å². The predicted octanol–water partition coefficient (Wildman–Crippen LogP) is 5.72. The van der Waals surface area contributed by atoms with Gasteiger partial charge in [-0.2, -0.15) is 0 Å². The SMILES string of the molecule is COc1c(O)c2c(=O)cc(OC)c3c4c(OC)cc(=O)c5c6c(c7c(c(c1C(C(C)=O)C(C)=C7)c23)c54)NC(C)(C)C(C)N6. The van der Waals surface area contributed by atoms with E-state index in [0.29, 0.717) is 54.7 Å². The molecule has 3 N–H and O–H groups in total. The minimum atomic E-state index is -0.796. The second-order valence-electron chi connectivity index (χ2n) is 12.3. The Bertz CT molecular complexity index is 2240. The van der Waals surface area contributed by atoms with E-state index in [1.807, 2.05) is 13.0 Å². The van der Waals surface area contributed by atoms with Gasteiger partial charge in [0.2, 0.25) is 0 Å². The van der Waals surface area contributed by atoms with Crippen LogP contribution in [0.4, 0.5) is 11.4 Å². The molecule has 2 aliphatic rings. The number of benzene rings is 5. The lowest BCUT2D eigenvalue weighted by Crippen LogP contribution is -2.50. The first-order chi connectivity index (χ1) is 20.4. The average molecular weight is 581 g/mol. The Kier molecular flexibility index (Phi) is 5.43. The molecule has 0 spiro atoms. The van der Waals surface area contributed by atoms with Gasteiger partial charge < -0.3 is 30.0 Å². The number of carbonyl (C=O) groups excluding carboxylic acids is 1. The van der Waals surface area contributed by atoms with Crippen molar-refractivity contribution < 1.29 is 24.1 Å². The Morgan fingerprint density at radius 2 is 1.42 bits per heavy atom. The highest BCUT2D eigenvalue weighted by Crippen LogP contribution is 2.58. The van der Waals surface area contributed by atoms with E-state index in [2.05, 4.69) is 31.4 Å². The van der Waals surface area contributed by atoms with Crippen molar-refractivity contribution in [2.45, 2.75) is 52.1 Å². The molecule has 43 heavy (non-hydrogen) atoms. The highest BCUT2D eigenvalue weighted by Gasteiger charge is 2.40. The predicted molar refractivity (Wildman–Crippen MR) is 171 cm³/mol. The molecule has 5 aromatic carbocycles. The van der Waals surface area contributed by atoms with Crippen LogP contribution in [0.2, 0.25) is 0 Å². The Morgan fingerprint density at radius 1 is 0.837 bits per heavy atom. The van der Waals surface area contributed by atoms with Gasteiger partial charge in [-0.15, -0.1) is 0 Å². The topological polar surface area (TPSA) is 123 Å². The molecule has 9 nitrogen and oxygen atoms in total. The highest BCUT2D eigenvalue weighted by molar-refractivity contribution is 6.41. The zero-order valence-electron chi connectivity index (χ0n) is 25.3. The molecule has 1 aliphatic heterocycles. The summed E-state index contributed by atoms with van der Waals surface area (Å²) in [4.78, 5) is 41.3. The third-order valence-corrected chi connectivity index (χ3v) is 9.57. The first kappa shape index (κ1) is 27.1. The van der Waals surface area contributed by atoms with E-state index in [0.717, 1.165) is 16.8 Å². The van der Waals surface area contributed by atoms with Gasteiger partial charge in [-0.05, 0) is 40.0 Å². The van der Waals surface area contributed by atoms with E-state index >= 15 is 0 Å². The van der Waals surface area contributed by atoms with E-state index in [9.17, 15) is 19.5 Å². The van der Waals surface area contributed by atoms with E-state index in [4.69, 9.17) is 14.2 Å². The molecule has 2 atom stereocenters. The molecule has 0 radical (unpaired) electrons. The number of carbonyl (C=O) groups is 1. The number of aromatic hydroxyl groups is 1. The van der Waals surface area contributed by atoms with E-state index in [1.54, 1.807) is 0 Å². The maximum absolute atomic E-state index is 14.1. The van der Waals surface area contributed by atoms with Gasteiger partial charge in [0.1, 0.15) is 17.3 Å². The van der Waals surface area contributed by atoms with Gasteiger partial charge >= 0.3 is 0 Å². The maximum Gasteiger partial charge on any atom is 0.194 e. The number of phenolic OH excluding ortho intramolecular Hbond substituents is 1. The van der Waals surface area contributed by atoms with Gasteiger partial charge in [0.25, 0.3) is 0 Å². The fraction of sp³-hybridized carbons (Fsp3) is 0.324. The summed E-state index contributed by atoms with van der Waals surface area (Å²) in [6.07, 6.45) is 1.97. The number of Topliss-reactive ketones (excluding diaryl/α,β-unsaturated/α-hetero) is 1. The zero-order chi connectivity index (χ0) is 30.9. The molecule has 0 saturated carbocycles. The average Bonchev–Trinajstić information content (AvgIpc) is 3.08. The second kappa shape index (κ2) is 8.63. The quantitative estimate of drug-likeness (QED) is 0.181. The monoisotopic (exact) mass is 580 g/mol. The Labute approximate surface area is 246 Å². The Hall–Kier alpha value is -4.79. The van der Waals surface area contributed by atoms with Gasteiger partial charge in [0.15, 0.2) is 22.4 Å². The summed E-state index contributed by atoms with van der Waals surface area (Å²) >= 11 is 0. The van der Waals surface area contributed by atoms with Crippen LogP contribution in [0.25, 0.3) is 49.2 Å². The smallest absolute Gasteiger partial charge is 0.194 e. The summed E-state index contributed by atoms with van der Waals surface area (Å²) in [5.74, 6) is -0.676. The van der Waals surface area contributed by atoms with E-state index in [-0.39, 0.29) is 39.9 Å². The fourth-order valence-corrected chi connectivity index (χ4v) is 7.39. The maximum atomic E-state index is 14.1. The summed E-state index contributed by atoms with van der Waals surface area (Å²) in [5, 5.41) is 22.8. The molecule has 1 aliphatic carbocycles. The number of fused-ring (bicyclic) bond motifs is 4. The Morgan fingerprint density at radius 3 is 1.98 bits per heavy atom. The Balaban J connectivity index is 1.98. The molecule has 0 fully saturated rings. The van der Waals surface area contributed by atoms with Gasteiger partial charge in [0.05, 0.1) is 54.9 Å². The molecular formula is C34H32N2O7. The lowest BCUT2D eigenvalue weighted by Gasteiger charge is -2.42. The van der Waals surface area contributed by atoms with Crippen molar-refractivity contribution in [3.63, 3.8) is 0 Å². The van der Waals surface area contributed by atoms with Crippen LogP contribution in [-0.4, -0.2) is 43.8 Å². The second-order valence-corrected chi connectivity index (χ2v) is 12.3. The van der Waals surface area contributed by atoms with Gasteiger partial charge in [-0.25, -0.2) is 0 Å². The number of hydrogen-bond acceptors (Lipinski definition) is 9. The number of methoxy groups -OCH3 is 3. The van der Waals surface area contributed by atoms with Crippen LogP contribution in [0.15, 0.2) is 27.3 Å². The van der Waals surface area contributed by atoms with Crippen molar-refractivity contribution in [1.29, 1.82) is 0 Å². The minimum Gasteiger partial charge on any atom is -0.504 e. The summed E-state index contributed by atoms with van der Waals surface area (Å²) < 4.78 is 17.4. The molecule has 0 amide bonds. The van der Waals surface area contributed by atoms with Crippen molar-refractivity contribution in [2.24, 2.45) is 0 Å². The number of hydrogen-bond donors (Lipinski definition) is 3. The lowest BCUT2D eigenvalue weighted by molar-refractivity contribution is -0.117. The molecule has 7 rings (SSSR count). The largest absolute Gasteiger partial charge is 0.504 e. The third-order valence-electron chi connectivity index (χ3n) is 9.57. The van der Waals surface area contributed by atoms with Crippen molar-refractivity contribution >= 4 is 66.3 Å². The normalized spacial score (nSPS) is 18.8. The van der Waals surface area contributed by atoms with Crippen LogP contribution in [0, 0.1) is 0 Å². The van der Waals surface area contributed by atoms with Crippen molar-refractivity contribution in [3.05, 3.63) is 49.3 Å². The van der Waals surface area contributed by atoms with Crippen molar-refractivity contribution in [2.75, 3.05) is 32.0 Å². The third kappa shape index (κ3) is 3.19. The van der Waals surface area contributed by atoms with Crippen LogP contribution >= 0.6 is 0 Å². The van der Waals surface area contributed by atoms with Crippen molar-refractivity contribution in [3.8, 4) is 23.0 Å². The number of anilines is 2. The lowest BCUT2D eigenvalue weighted by atomic mass is 9.80. The van der Waals surface area contributed by atoms with Crippen LogP contribution in [0.1, 0.15) is 51.7 Å². The van der Waals surface area contributed by atoms with Gasteiger partial charge in [0, 0.05) is 56.2 Å². The van der Waals surface area contributed by atoms with Crippen LogP contribution in [-0.2, 0) is 4.79 Å². The highest BCUT2D eigenvalue weighted by atomic mass is 16.5. The molecule has 0 aromatic heterocycles. The molecule has 220 valence electrons. The van der Waals surface area contributed by atoms with Crippen LogP contribution in [0.5, 0.6) is 23.0 Å².